The molecule has 4 nitrogen and oxygen atoms in total. The fraction of sp³-hybridized carbons (Fsp3) is 0.647. The van der Waals surface area contributed by atoms with Crippen LogP contribution in [0.25, 0.3) is 0 Å². The van der Waals surface area contributed by atoms with Gasteiger partial charge in [0.25, 0.3) is 0 Å². The molecule has 4 heteroatoms. The Hall–Kier alpha value is -1.26. The molecule has 2 aliphatic rings. The molecule has 3 N–H and O–H groups in total. The highest BCUT2D eigenvalue weighted by molar-refractivity contribution is 5.50. The van der Waals surface area contributed by atoms with Crippen molar-refractivity contribution in [1.82, 2.24) is 10.4 Å². The second-order valence-electron chi connectivity index (χ2n) is 6.58. The van der Waals surface area contributed by atoms with Crippen LogP contribution in [-0.2, 0) is 5.54 Å². The molecule has 0 aromatic heterocycles. The van der Waals surface area contributed by atoms with E-state index in [9.17, 15) is 0 Å². The van der Waals surface area contributed by atoms with Gasteiger partial charge in [-0.25, -0.2) is 10.4 Å². The van der Waals surface area contributed by atoms with Crippen LogP contribution < -0.4 is 15.9 Å². The smallest absolute Gasteiger partial charge is 0.121 e. The molecule has 1 aliphatic carbocycles. The molecule has 21 heavy (non-hydrogen) atoms. The van der Waals surface area contributed by atoms with E-state index in [4.69, 9.17) is 10.5 Å². The zero-order valence-electron chi connectivity index (χ0n) is 13.2. The molecule has 2 fully saturated rings. The predicted molar refractivity (Wildman–Crippen MR) is 86.0 cm³/mol. The number of benzene rings is 1. The maximum absolute atomic E-state index is 6.10. The molecular formula is C17H27N3O. The van der Waals surface area contributed by atoms with Gasteiger partial charge in [0, 0.05) is 25.3 Å². The van der Waals surface area contributed by atoms with Gasteiger partial charge in [0.15, 0.2) is 0 Å². The first kappa shape index (κ1) is 14.7. The van der Waals surface area contributed by atoms with Crippen LogP contribution in [0.5, 0.6) is 5.75 Å². The fourth-order valence-electron chi connectivity index (χ4n) is 4.13. The van der Waals surface area contributed by atoms with E-state index in [1.807, 2.05) is 6.07 Å². The molecule has 1 heterocycles. The van der Waals surface area contributed by atoms with Crippen LogP contribution in [0.15, 0.2) is 18.2 Å². The van der Waals surface area contributed by atoms with E-state index in [0.717, 1.165) is 24.4 Å². The Kier molecular flexibility index (Phi) is 4.09. The molecule has 1 unspecified atom stereocenters. The van der Waals surface area contributed by atoms with E-state index >= 15 is 0 Å². The van der Waals surface area contributed by atoms with E-state index in [1.54, 1.807) is 7.11 Å². The van der Waals surface area contributed by atoms with Gasteiger partial charge in [-0.05, 0) is 42.9 Å². The lowest BCUT2D eigenvalue weighted by molar-refractivity contribution is 0.132. The summed E-state index contributed by atoms with van der Waals surface area (Å²) in [7, 11) is 3.84. The third kappa shape index (κ3) is 2.74. The van der Waals surface area contributed by atoms with Crippen LogP contribution in [0.4, 0.5) is 5.69 Å². The van der Waals surface area contributed by atoms with Crippen molar-refractivity contribution in [1.29, 1.82) is 0 Å². The van der Waals surface area contributed by atoms with Gasteiger partial charge in [0.05, 0.1) is 12.6 Å². The van der Waals surface area contributed by atoms with Gasteiger partial charge in [-0.3, -0.25) is 0 Å². The van der Waals surface area contributed by atoms with Crippen molar-refractivity contribution in [3.8, 4) is 5.75 Å². The van der Waals surface area contributed by atoms with Crippen LogP contribution in [-0.4, -0.2) is 25.7 Å². The molecule has 1 aromatic carbocycles. The quantitative estimate of drug-likeness (QED) is 0.840. The lowest BCUT2D eigenvalue weighted by Gasteiger charge is -2.41. The van der Waals surface area contributed by atoms with Gasteiger partial charge >= 0.3 is 0 Å². The van der Waals surface area contributed by atoms with Crippen LogP contribution in [0.3, 0.4) is 0 Å². The summed E-state index contributed by atoms with van der Waals surface area (Å²) in [5.74, 6) is 1.54. The summed E-state index contributed by atoms with van der Waals surface area (Å²) < 4.78 is 5.43. The fourth-order valence-corrected chi connectivity index (χ4v) is 4.13. The standard InChI is InChI=1S/C17H27N3O/c1-20-9-8-17(19-20,13-6-4-3-5-7-13)14-10-15(18)12-16(11-14)21-2/h10-13,19H,3-9,18H2,1-2H3. The molecule has 0 bridgehead atoms. The van der Waals surface area contributed by atoms with Crippen molar-refractivity contribution >= 4 is 5.69 Å². The number of nitrogens with one attached hydrogen (secondary N) is 1. The molecule has 1 saturated heterocycles. The number of anilines is 1. The molecule has 0 spiro atoms. The zero-order chi connectivity index (χ0) is 14.9. The third-order valence-corrected chi connectivity index (χ3v) is 5.21. The van der Waals surface area contributed by atoms with Crippen molar-refractivity contribution < 1.29 is 4.74 Å². The van der Waals surface area contributed by atoms with Crippen molar-refractivity contribution in [3.05, 3.63) is 23.8 Å². The summed E-state index contributed by atoms with van der Waals surface area (Å²) in [5, 5.41) is 2.23. The molecule has 1 atom stereocenters. The Morgan fingerprint density at radius 3 is 2.62 bits per heavy atom. The second-order valence-corrected chi connectivity index (χ2v) is 6.58. The minimum atomic E-state index is 0.0256. The van der Waals surface area contributed by atoms with Crippen LogP contribution >= 0.6 is 0 Å². The predicted octanol–water partition coefficient (Wildman–Crippen LogP) is 2.89. The number of nitrogens with two attached hydrogens (primary N) is 1. The Labute approximate surface area is 127 Å². The molecule has 0 radical (unpaired) electrons. The van der Waals surface area contributed by atoms with E-state index in [0.29, 0.717) is 5.92 Å². The number of nitrogens with zero attached hydrogens (tertiary/aromatic N) is 1. The zero-order valence-corrected chi connectivity index (χ0v) is 13.2. The summed E-state index contributed by atoms with van der Waals surface area (Å²) in [6.45, 7) is 1.08. The SMILES string of the molecule is COc1cc(N)cc(C2(C3CCCCC3)CCN(C)N2)c1. The van der Waals surface area contributed by atoms with E-state index in [-0.39, 0.29) is 5.54 Å². The van der Waals surface area contributed by atoms with E-state index < -0.39 is 0 Å². The highest BCUT2D eigenvalue weighted by Crippen LogP contribution is 2.45. The van der Waals surface area contributed by atoms with Crippen molar-refractivity contribution in [3.63, 3.8) is 0 Å². The normalized spacial score (nSPS) is 27.9. The number of hydrazine groups is 1. The largest absolute Gasteiger partial charge is 0.497 e. The minimum absolute atomic E-state index is 0.0256. The number of ether oxygens (including phenoxy) is 1. The first-order chi connectivity index (χ1) is 10.1. The maximum Gasteiger partial charge on any atom is 0.121 e. The van der Waals surface area contributed by atoms with Gasteiger partial charge < -0.3 is 10.5 Å². The van der Waals surface area contributed by atoms with Gasteiger partial charge in [-0.15, -0.1) is 0 Å². The van der Waals surface area contributed by atoms with Crippen molar-refractivity contribution in [2.24, 2.45) is 5.92 Å². The van der Waals surface area contributed by atoms with Gasteiger partial charge in [-0.2, -0.15) is 0 Å². The first-order valence-electron chi connectivity index (χ1n) is 8.08. The van der Waals surface area contributed by atoms with E-state index in [1.165, 1.54) is 37.7 Å². The van der Waals surface area contributed by atoms with Crippen LogP contribution in [0.2, 0.25) is 0 Å². The van der Waals surface area contributed by atoms with Gasteiger partial charge in [0.1, 0.15) is 5.75 Å². The Bertz CT molecular complexity index is 499. The maximum atomic E-state index is 6.10. The van der Waals surface area contributed by atoms with Gasteiger partial charge in [-0.1, -0.05) is 19.3 Å². The molecule has 3 rings (SSSR count). The first-order valence-corrected chi connectivity index (χ1v) is 8.08. The van der Waals surface area contributed by atoms with E-state index in [2.05, 4.69) is 29.6 Å². The summed E-state index contributed by atoms with van der Waals surface area (Å²) in [6, 6.07) is 6.19. The number of nitrogen functional groups attached to an aromatic ring is 1. The molecule has 0 amide bonds. The number of hydrogen-bond donors (Lipinski definition) is 2. The average molecular weight is 289 g/mol. The minimum Gasteiger partial charge on any atom is -0.497 e. The number of hydrogen-bond acceptors (Lipinski definition) is 4. The average Bonchev–Trinajstić information content (AvgIpc) is 2.91. The van der Waals surface area contributed by atoms with Crippen molar-refractivity contribution in [2.45, 2.75) is 44.1 Å². The summed E-state index contributed by atoms with van der Waals surface area (Å²) in [6.07, 6.45) is 7.81. The molecule has 1 saturated carbocycles. The topological polar surface area (TPSA) is 50.5 Å². The number of methoxy groups -OCH3 is 1. The molecule has 1 aromatic rings. The lowest BCUT2D eigenvalue weighted by atomic mass is 9.70. The van der Waals surface area contributed by atoms with Gasteiger partial charge in [0.2, 0.25) is 0 Å². The summed E-state index contributed by atoms with van der Waals surface area (Å²) >= 11 is 0. The third-order valence-electron chi connectivity index (χ3n) is 5.21. The second kappa shape index (κ2) is 5.85. The summed E-state index contributed by atoms with van der Waals surface area (Å²) in [4.78, 5) is 0. The lowest BCUT2D eigenvalue weighted by Crippen LogP contribution is -2.48. The Morgan fingerprint density at radius 2 is 2.00 bits per heavy atom. The molecular weight excluding hydrogens is 262 g/mol. The highest BCUT2D eigenvalue weighted by atomic mass is 16.5. The summed E-state index contributed by atoms with van der Waals surface area (Å²) in [5.41, 5.74) is 12.0. The van der Waals surface area contributed by atoms with Crippen molar-refractivity contribution in [2.75, 3.05) is 26.4 Å². The molecule has 116 valence electrons. The molecule has 1 aliphatic heterocycles. The monoisotopic (exact) mass is 289 g/mol. The highest BCUT2D eigenvalue weighted by Gasteiger charge is 2.45. The Morgan fingerprint density at radius 1 is 1.24 bits per heavy atom. The van der Waals surface area contributed by atoms with Crippen LogP contribution in [0.1, 0.15) is 44.1 Å². The Balaban J connectivity index is 2.01. The van der Waals surface area contributed by atoms with Crippen LogP contribution in [0, 0.1) is 5.92 Å². The number of rotatable bonds is 3.